The standard InChI is InChI=1S/C17H28ClN3/c1-4-14(2)19-13-15(3)20-9-11-21(12-10-20)17-7-5-16(18)6-8-17/h5-8,14-15,19H,4,9-13H2,1-3H3. The summed E-state index contributed by atoms with van der Waals surface area (Å²) in [5, 5.41) is 4.42. The van der Waals surface area contributed by atoms with Crippen molar-refractivity contribution in [1.29, 1.82) is 0 Å². The van der Waals surface area contributed by atoms with Crippen molar-refractivity contribution in [2.24, 2.45) is 0 Å². The Morgan fingerprint density at radius 3 is 2.29 bits per heavy atom. The molecule has 1 N–H and O–H groups in total. The van der Waals surface area contributed by atoms with Gasteiger partial charge in [-0.2, -0.15) is 0 Å². The van der Waals surface area contributed by atoms with Crippen molar-refractivity contribution >= 4 is 17.3 Å². The molecule has 1 heterocycles. The Hall–Kier alpha value is -0.770. The molecule has 1 aromatic carbocycles. The summed E-state index contributed by atoms with van der Waals surface area (Å²) in [5.74, 6) is 0. The number of nitrogens with zero attached hydrogens (tertiary/aromatic N) is 2. The predicted molar refractivity (Wildman–Crippen MR) is 92.5 cm³/mol. The van der Waals surface area contributed by atoms with E-state index in [0.717, 1.165) is 37.7 Å². The molecule has 0 radical (unpaired) electrons. The molecule has 1 aliphatic rings. The maximum absolute atomic E-state index is 5.95. The fourth-order valence-electron chi connectivity index (χ4n) is 2.72. The molecule has 4 heteroatoms. The molecule has 0 amide bonds. The summed E-state index contributed by atoms with van der Waals surface area (Å²) in [6.07, 6.45) is 1.19. The molecule has 2 rings (SSSR count). The molecule has 0 spiro atoms. The van der Waals surface area contributed by atoms with Gasteiger partial charge in [0.15, 0.2) is 0 Å². The second-order valence-corrected chi connectivity index (χ2v) is 6.50. The van der Waals surface area contributed by atoms with Gasteiger partial charge in [0, 0.05) is 55.5 Å². The van der Waals surface area contributed by atoms with Gasteiger partial charge in [-0.05, 0) is 44.5 Å². The summed E-state index contributed by atoms with van der Waals surface area (Å²) in [5.41, 5.74) is 1.28. The molecule has 1 aromatic rings. The van der Waals surface area contributed by atoms with Gasteiger partial charge >= 0.3 is 0 Å². The first-order valence-corrected chi connectivity index (χ1v) is 8.46. The van der Waals surface area contributed by atoms with Crippen LogP contribution in [0.15, 0.2) is 24.3 Å². The van der Waals surface area contributed by atoms with Crippen molar-refractivity contribution < 1.29 is 0 Å². The molecule has 21 heavy (non-hydrogen) atoms. The van der Waals surface area contributed by atoms with Crippen LogP contribution in [0.1, 0.15) is 27.2 Å². The van der Waals surface area contributed by atoms with Crippen LogP contribution in [0.2, 0.25) is 5.02 Å². The number of nitrogens with one attached hydrogen (secondary N) is 1. The van der Waals surface area contributed by atoms with Crippen LogP contribution in [0.5, 0.6) is 0 Å². The van der Waals surface area contributed by atoms with Crippen molar-refractivity contribution in [3.05, 3.63) is 29.3 Å². The van der Waals surface area contributed by atoms with E-state index >= 15 is 0 Å². The van der Waals surface area contributed by atoms with Gasteiger partial charge in [-0.15, -0.1) is 0 Å². The van der Waals surface area contributed by atoms with E-state index in [2.05, 4.69) is 48.0 Å². The van der Waals surface area contributed by atoms with E-state index in [1.165, 1.54) is 12.1 Å². The van der Waals surface area contributed by atoms with Gasteiger partial charge < -0.3 is 10.2 Å². The third-order valence-corrected chi connectivity index (χ3v) is 4.76. The fourth-order valence-corrected chi connectivity index (χ4v) is 2.84. The Morgan fingerprint density at radius 1 is 1.10 bits per heavy atom. The van der Waals surface area contributed by atoms with Gasteiger partial charge in [-0.25, -0.2) is 0 Å². The Morgan fingerprint density at radius 2 is 1.71 bits per heavy atom. The minimum Gasteiger partial charge on any atom is -0.369 e. The number of hydrogen-bond donors (Lipinski definition) is 1. The van der Waals surface area contributed by atoms with Gasteiger partial charge in [-0.3, -0.25) is 4.90 Å². The molecule has 1 saturated heterocycles. The largest absolute Gasteiger partial charge is 0.369 e. The topological polar surface area (TPSA) is 18.5 Å². The maximum atomic E-state index is 5.95. The highest BCUT2D eigenvalue weighted by molar-refractivity contribution is 6.30. The van der Waals surface area contributed by atoms with Gasteiger partial charge in [0.25, 0.3) is 0 Å². The molecule has 2 atom stereocenters. The zero-order valence-electron chi connectivity index (χ0n) is 13.5. The van der Waals surface area contributed by atoms with Crippen molar-refractivity contribution in [2.75, 3.05) is 37.6 Å². The number of piperazine rings is 1. The van der Waals surface area contributed by atoms with E-state index in [9.17, 15) is 0 Å². The number of anilines is 1. The van der Waals surface area contributed by atoms with Crippen LogP contribution in [0, 0.1) is 0 Å². The second kappa shape index (κ2) is 8.02. The highest BCUT2D eigenvalue weighted by atomic mass is 35.5. The minimum absolute atomic E-state index is 0.603. The molecule has 0 saturated carbocycles. The fraction of sp³-hybridized carbons (Fsp3) is 0.647. The van der Waals surface area contributed by atoms with Crippen LogP contribution in [0.3, 0.4) is 0 Å². The van der Waals surface area contributed by atoms with Crippen molar-refractivity contribution in [1.82, 2.24) is 10.2 Å². The Balaban J connectivity index is 1.78. The second-order valence-electron chi connectivity index (χ2n) is 6.07. The molecule has 118 valence electrons. The molecule has 3 nitrogen and oxygen atoms in total. The number of hydrogen-bond acceptors (Lipinski definition) is 3. The minimum atomic E-state index is 0.603. The monoisotopic (exact) mass is 309 g/mol. The lowest BCUT2D eigenvalue weighted by molar-refractivity contribution is 0.190. The van der Waals surface area contributed by atoms with Gasteiger partial charge in [0.2, 0.25) is 0 Å². The van der Waals surface area contributed by atoms with Crippen LogP contribution in [0.4, 0.5) is 5.69 Å². The Bertz CT molecular complexity index is 413. The highest BCUT2D eigenvalue weighted by Crippen LogP contribution is 2.19. The first-order valence-electron chi connectivity index (χ1n) is 8.08. The normalized spacial score (nSPS) is 19.5. The van der Waals surface area contributed by atoms with Crippen molar-refractivity contribution in [3.8, 4) is 0 Å². The third kappa shape index (κ3) is 4.87. The van der Waals surface area contributed by atoms with Crippen LogP contribution in [-0.2, 0) is 0 Å². The van der Waals surface area contributed by atoms with E-state index in [1.54, 1.807) is 0 Å². The van der Waals surface area contributed by atoms with E-state index < -0.39 is 0 Å². The summed E-state index contributed by atoms with van der Waals surface area (Å²) in [4.78, 5) is 5.03. The van der Waals surface area contributed by atoms with Crippen LogP contribution in [0.25, 0.3) is 0 Å². The molecular formula is C17H28ClN3. The van der Waals surface area contributed by atoms with E-state index in [-0.39, 0.29) is 0 Å². The Kier molecular flexibility index (Phi) is 6.34. The summed E-state index contributed by atoms with van der Waals surface area (Å²) < 4.78 is 0. The van der Waals surface area contributed by atoms with E-state index in [1.807, 2.05) is 12.1 Å². The van der Waals surface area contributed by atoms with Crippen LogP contribution in [-0.4, -0.2) is 49.7 Å². The van der Waals surface area contributed by atoms with Crippen LogP contribution >= 0.6 is 11.6 Å². The zero-order valence-corrected chi connectivity index (χ0v) is 14.2. The van der Waals surface area contributed by atoms with Gasteiger partial charge in [0.1, 0.15) is 0 Å². The lowest BCUT2D eigenvalue weighted by atomic mass is 10.2. The highest BCUT2D eigenvalue weighted by Gasteiger charge is 2.21. The number of rotatable bonds is 6. The Labute approximate surface area is 134 Å². The lowest BCUT2D eigenvalue weighted by Gasteiger charge is -2.39. The SMILES string of the molecule is CCC(C)NCC(C)N1CCN(c2ccc(Cl)cc2)CC1. The van der Waals surface area contributed by atoms with Crippen LogP contribution < -0.4 is 10.2 Å². The quantitative estimate of drug-likeness (QED) is 0.870. The van der Waals surface area contributed by atoms with Gasteiger partial charge in [0.05, 0.1) is 0 Å². The molecular weight excluding hydrogens is 282 g/mol. The molecule has 0 aromatic heterocycles. The van der Waals surface area contributed by atoms with E-state index in [0.29, 0.717) is 12.1 Å². The van der Waals surface area contributed by atoms with Crippen molar-refractivity contribution in [3.63, 3.8) is 0 Å². The first kappa shape index (κ1) is 16.6. The predicted octanol–water partition coefficient (Wildman–Crippen LogP) is 3.24. The first-order chi connectivity index (χ1) is 10.1. The smallest absolute Gasteiger partial charge is 0.0407 e. The zero-order chi connectivity index (χ0) is 15.2. The van der Waals surface area contributed by atoms with Crippen molar-refractivity contribution in [2.45, 2.75) is 39.3 Å². The summed E-state index contributed by atoms with van der Waals surface area (Å²) in [7, 11) is 0. The number of halogens is 1. The third-order valence-electron chi connectivity index (χ3n) is 4.50. The lowest BCUT2D eigenvalue weighted by Crippen LogP contribution is -2.52. The average Bonchev–Trinajstić information content (AvgIpc) is 2.53. The molecule has 0 bridgehead atoms. The summed E-state index contributed by atoms with van der Waals surface area (Å²) >= 11 is 5.95. The molecule has 0 aliphatic carbocycles. The van der Waals surface area contributed by atoms with Gasteiger partial charge in [-0.1, -0.05) is 18.5 Å². The molecule has 2 unspecified atom stereocenters. The van der Waals surface area contributed by atoms with E-state index in [4.69, 9.17) is 11.6 Å². The summed E-state index contributed by atoms with van der Waals surface area (Å²) in [6.45, 7) is 12.3. The number of benzene rings is 1. The summed E-state index contributed by atoms with van der Waals surface area (Å²) in [6, 6.07) is 9.40. The average molecular weight is 310 g/mol. The maximum Gasteiger partial charge on any atom is 0.0407 e. The molecule has 1 aliphatic heterocycles. The molecule has 1 fully saturated rings.